The molecule has 0 unspecified atom stereocenters. The van der Waals surface area contributed by atoms with Gasteiger partial charge < -0.3 is 15.4 Å². The van der Waals surface area contributed by atoms with Crippen molar-refractivity contribution in [3.8, 4) is 0 Å². The minimum absolute atomic E-state index is 0.145. The zero-order valence-corrected chi connectivity index (χ0v) is 14.3. The van der Waals surface area contributed by atoms with Crippen LogP contribution in [0, 0.1) is 5.92 Å². The van der Waals surface area contributed by atoms with Crippen LogP contribution in [0.2, 0.25) is 0 Å². The third kappa shape index (κ3) is 3.01. The third-order valence-corrected chi connectivity index (χ3v) is 4.99. The molecule has 2 heterocycles. The van der Waals surface area contributed by atoms with Crippen molar-refractivity contribution >= 4 is 16.8 Å². The van der Waals surface area contributed by atoms with Gasteiger partial charge >= 0.3 is 0 Å². The number of aromatic amines is 1. The third-order valence-electron chi connectivity index (χ3n) is 4.99. The zero-order valence-electron chi connectivity index (χ0n) is 14.3. The number of hydrogen-bond donors (Lipinski definition) is 3. The molecule has 0 saturated heterocycles. The SMILES string of the molecule is Cn1cc([C@H](NC(=O)c2cc(=O)[nH]c3ccccc23)C2CC(O)C2)cn1. The Labute approximate surface area is 149 Å². The number of carbonyl (C=O) groups excluding carboxylic acids is 1. The minimum Gasteiger partial charge on any atom is -0.393 e. The molecule has 134 valence electrons. The maximum Gasteiger partial charge on any atom is 0.252 e. The molecule has 1 aromatic carbocycles. The number of aliphatic hydroxyl groups excluding tert-OH is 1. The Morgan fingerprint density at radius 1 is 1.38 bits per heavy atom. The van der Waals surface area contributed by atoms with Gasteiger partial charge in [0.2, 0.25) is 5.56 Å². The summed E-state index contributed by atoms with van der Waals surface area (Å²) in [6.07, 6.45) is 4.54. The molecule has 26 heavy (non-hydrogen) atoms. The summed E-state index contributed by atoms with van der Waals surface area (Å²) in [5, 5.41) is 17.6. The van der Waals surface area contributed by atoms with Gasteiger partial charge in [-0.3, -0.25) is 14.3 Å². The molecular weight excluding hydrogens is 332 g/mol. The van der Waals surface area contributed by atoms with E-state index in [2.05, 4.69) is 15.4 Å². The van der Waals surface area contributed by atoms with Crippen molar-refractivity contribution in [3.05, 3.63) is 64.2 Å². The molecule has 0 spiro atoms. The molecule has 0 aliphatic heterocycles. The first-order valence-corrected chi connectivity index (χ1v) is 8.61. The fourth-order valence-electron chi connectivity index (χ4n) is 3.59. The number of rotatable bonds is 4. The molecule has 3 N–H and O–H groups in total. The van der Waals surface area contributed by atoms with Crippen LogP contribution in [0.25, 0.3) is 10.9 Å². The number of pyridine rings is 1. The molecule has 7 heteroatoms. The van der Waals surface area contributed by atoms with Crippen molar-refractivity contribution in [2.45, 2.75) is 25.0 Å². The topological polar surface area (TPSA) is 100 Å². The van der Waals surface area contributed by atoms with E-state index in [1.54, 1.807) is 16.9 Å². The van der Waals surface area contributed by atoms with Gasteiger partial charge in [0, 0.05) is 35.8 Å². The molecule has 1 amide bonds. The van der Waals surface area contributed by atoms with Crippen molar-refractivity contribution in [2.24, 2.45) is 13.0 Å². The van der Waals surface area contributed by atoms with E-state index in [9.17, 15) is 14.7 Å². The average Bonchev–Trinajstić information content (AvgIpc) is 3.02. The number of hydrogen-bond acceptors (Lipinski definition) is 4. The number of aryl methyl sites for hydroxylation is 1. The van der Waals surface area contributed by atoms with Crippen molar-refractivity contribution in [1.29, 1.82) is 0 Å². The molecule has 7 nitrogen and oxygen atoms in total. The highest BCUT2D eigenvalue weighted by atomic mass is 16.3. The Balaban J connectivity index is 1.68. The number of aliphatic hydroxyl groups is 1. The molecule has 1 aliphatic rings. The number of benzene rings is 1. The summed E-state index contributed by atoms with van der Waals surface area (Å²) < 4.78 is 1.69. The van der Waals surface area contributed by atoms with Crippen LogP contribution >= 0.6 is 0 Å². The smallest absolute Gasteiger partial charge is 0.252 e. The summed E-state index contributed by atoms with van der Waals surface area (Å²) in [5.74, 6) is -0.158. The van der Waals surface area contributed by atoms with Crippen LogP contribution < -0.4 is 10.9 Å². The van der Waals surface area contributed by atoms with Crippen LogP contribution in [0.1, 0.15) is 34.8 Å². The monoisotopic (exact) mass is 352 g/mol. The number of nitrogens with zero attached hydrogens (tertiary/aromatic N) is 2. The Morgan fingerprint density at radius 3 is 2.85 bits per heavy atom. The van der Waals surface area contributed by atoms with E-state index in [1.807, 2.05) is 31.4 Å². The van der Waals surface area contributed by atoms with E-state index in [4.69, 9.17) is 0 Å². The first kappa shape index (κ1) is 16.5. The Hall–Kier alpha value is -2.93. The van der Waals surface area contributed by atoms with Gasteiger partial charge in [-0.05, 0) is 24.8 Å². The minimum atomic E-state index is -0.323. The van der Waals surface area contributed by atoms with Crippen LogP contribution in [-0.4, -0.2) is 31.9 Å². The number of carbonyl (C=O) groups is 1. The van der Waals surface area contributed by atoms with E-state index in [-0.39, 0.29) is 29.5 Å². The Morgan fingerprint density at radius 2 is 2.15 bits per heavy atom. The van der Waals surface area contributed by atoms with Crippen molar-refractivity contribution in [1.82, 2.24) is 20.1 Å². The largest absolute Gasteiger partial charge is 0.393 e. The molecule has 0 radical (unpaired) electrons. The van der Waals surface area contributed by atoms with Gasteiger partial charge in [0.15, 0.2) is 0 Å². The summed E-state index contributed by atoms with van der Waals surface area (Å²) in [4.78, 5) is 27.6. The summed E-state index contributed by atoms with van der Waals surface area (Å²) >= 11 is 0. The summed E-state index contributed by atoms with van der Waals surface area (Å²) in [5.41, 5.74) is 1.55. The number of nitrogens with one attached hydrogen (secondary N) is 2. The number of para-hydroxylation sites is 1. The van der Waals surface area contributed by atoms with Crippen molar-refractivity contribution in [2.75, 3.05) is 0 Å². The standard InChI is InChI=1S/C19H20N4O3/c1-23-10-12(9-20-23)18(11-6-13(24)7-11)22-19(26)15-8-17(25)21-16-5-3-2-4-14(15)16/h2-5,8-11,13,18,24H,6-7H2,1H3,(H,21,25)(H,22,26)/t11?,13?,18-/m1/s1. The predicted molar refractivity (Wildman–Crippen MR) is 96.7 cm³/mol. The highest BCUT2D eigenvalue weighted by molar-refractivity contribution is 6.06. The maximum atomic E-state index is 13.0. The number of fused-ring (bicyclic) bond motifs is 1. The van der Waals surface area contributed by atoms with Gasteiger partial charge in [-0.1, -0.05) is 18.2 Å². The van der Waals surface area contributed by atoms with Crippen molar-refractivity contribution in [3.63, 3.8) is 0 Å². The number of amides is 1. The summed E-state index contributed by atoms with van der Waals surface area (Å²) in [6, 6.07) is 8.30. The van der Waals surface area contributed by atoms with E-state index >= 15 is 0 Å². The zero-order chi connectivity index (χ0) is 18.3. The first-order chi connectivity index (χ1) is 12.5. The maximum absolute atomic E-state index is 13.0. The molecule has 0 bridgehead atoms. The highest BCUT2D eigenvalue weighted by Crippen LogP contribution is 2.38. The molecule has 4 rings (SSSR count). The lowest BCUT2D eigenvalue weighted by molar-refractivity contribution is 0.0235. The lowest BCUT2D eigenvalue weighted by atomic mass is 9.75. The van der Waals surface area contributed by atoms with Crippen LogP contribution in [0.5, 0.6) is 0 Å². The van der Waals surface area contributed by atoms with Gasteiger partial charge in [0.25, 0.3) is 5.91 Å². The van der Waals surface area contributed by atoms with Crippen LogP contribution in [0.3, 0.4) is 0 Å². The molecule has 1 fully saturated rings. The fourth-order valence-corrected chi connectivity index (χ4v) is 3.59. The van der Waals surface area contributed by atoms with E-state index < -0.39 is 0 Å². The molecule has 1 saturated carbocycles. The number of aromatic nitrogens is 3. The van der Waals surface area contributed by atoms with E-state index in [1.165, 1.54) is 6.07 Å². The van der Waals surface area contributed by atoms with Gasteiger partial charge in [-0.2, -0.15) is 5.10 Å². The second kappa shape index (κ2) is 6.42. The summed E-state index contributed by atoms with van der Waals surface area (Å²) in [6.45, 7) is 0. The molecule has 1 atom stereocenters. The molecular formula is C19H20N4O3. The lowest BCUT2D eigenvalue weighted by Crippen LogP contribution is -2.41. The normalized spacial score (nSPS) is 20.5. The lowest BCUT2D eigenvalue weighted by Gasteiger charge is -2.37. The van der Waals surface area contributed by atoms with Crippen LogP contribution in [0.15, 0.2) is 47.5 Å². The fraction of sp³-hybridized carbons (Fsp3) is 0.316. The van der Waals surface area contributed by atoms with E-state index in [0.717, 1.165) is 5.56 Å². The average molecular weight is 352 g/mol. The number of H-pyrrole nitrogens is 1. The Kier molecular flexibility index (Phi) is 4.08. The van der Waals surface area contributed by atoms with E-state index in [0.29, 0.717) is 29.3 Å². The van der Waals surface area contributed by atoms with Gasteiger partial charge in [-0.15, -0.1) is 0 Å². The first-order valence-electron chi connectivity index (χ1n) is 8.61. The summed E-state index contributed by atoms with van der Waals surface area (Å²) in [7, 11) is 1.82. The Bertz CT molecular complexity index is 1020. The highest BCUT2D eigenvalue weighted by Gasteiger charge is 2.36. The predicted octanol–water partition coefficient (Wildman–Crippen LogP) is 1.50. The van der Waals surface area contributed by atoms with Gasteiger partial charge in [0.1, 0.15) is 0 Å². The molecule has 1 aliphatic carbocycles. The van der Waals surface area contributed by atoms with Crippen molar-refractivity contribution < 1.29 is 9.90 Å². The van der Waals surface area contributed by atoms with Gasteiger partial charge in [-0.25, -0.2) is 0 Å². The van der Waals surface area contributed by atoms with Crippen LogP contribution in [0.4, 0.5) is 0 Å². The quantitative estimate of drug-likeness (QED) is 0.662. The second-order valence-corrected chi connectivity index (χ2v) is 6.88. The molecule has 3 aromatic rings. The molecule has 2 aromatic heterocycles. The second-order valence-electron chi connectivity index (χ2n) is 6.88. The van der Waals surface area contributed by atoms with Gasteiger partial charge in [0.05, 0.1) is 23.9 Å². The van der Waals surface area contributed by atoms with Crippen LogP contribution in [-0.2, 0) is 7.05 Å².